The van der Waals surface area contributed by atoms with Gasteiger partial charge in [-0.2, -0.15) is 0 Å². The van der Waals surface area contributed by atoms with Gasteiger partial charge in [0.2, 0.25) is 0 Å². The molecule has 8 nitrogen and oxygen atoms in total. The molecule has 0 spiro atoms. The van der Waals surface area contributed by atoms with Crippen molar-refractivity contribution in [1.29, 1.82) is 0 Å². The first-order valence-corrected chi connectivity index (χ1v) is 10.5. The number of para-hydroxylation sites is 1. The van der Waals surface area contributed by atoms with Crippen molar-refractivity contribution in [3.8, 4) is 0 Å². The maximum atomic E-state index is 13.0. The van der Waals surface area contributed by atoms with Crippen LogP contribution in [0.3, 0.4) is 0 Å². The number of sulfonamides is 1. The molecule has 0 saturated heterocycles. The van der Waals surface area contributed by atoms with Gasteiger partial charge in [-0.15, -0.1) is 10.2 Å². The van der Waals surface area contributed by atoms with E-state index >= 15 is 0 Å². The maximum absolute atomic E-state index is 13.0. The van der Waals surface area contributed by atoms with Crippen molar-refractivity contribution in [2.24, 2.45) is 7.05 Å². The van der Waals surface area contributed by atoms with E-state index in [4.69, 9.17) is 0 Å². The Labute approximate surface area is 166 Å². The molecule has 0 saturated carbocycles. The zero-order valence-electron chi connectivity index (χ0n) is 15.4. The third-order valence-electron chi connectivity index (χ3n) is 4.16. The number of hydrogen-bond acceptors (Lipinski definition) is 6. The Hall–Kier alpha value is -2.85. The SMILES string of the molecule is Cc1cc(C(=O)O)cc(S(=O)(=O)Nc2ccccc2Sc2nncn2C)c1C. The molecular formula is C18H18N4O4S2. The van der Waals surface area contributed by atoms with E-state index in [0.717, 1.165) is 0 Å². The van der Waals surface area contributed by atoms with Crippen LogP contribution < -0.4 is 4.72 Å². The summed E-state index contributed by atoms with van der Waals surface area (Å²) < 4.78 is 30.3. The smallest absolute Gasteiger partial charge is 0.335 e. The topological polar surface area (TPSA) is 114 Å². The van der Waals surface area contributed by atoms with Crippen molar-refractivity contribution in [3.05, 3.63) is 59.4 Å². The lowest BCUT2D eigenvalue weighted by molar-refractivity contribution is 0.0696. The molecule has 0 aliphatic rings. The molecular weight excluding hydrogens is 400 g/mol. The van der Waals surface area contributed by atoms with Gasteiger partial charge in [0.1, 0.15) is 6.33 Å². The molecule has 0 fully saturated rings. The largest absolute Gasteiger partial charge is 0.478 e. The van der Waals surface area contributed by atoms with Gasteiger partial charge in [0.25, 0.3) is 10.0 Å². The minimum absolute atomic E-state index is 0.0663. The third kappa shape index (κ3) is 4.02. The molecule has 0 radical (unpaired) electrons. The second-order valence-corrected chi connectivity index (χ2v) is 8.81. The fraction of sp³-hybridized carbons (Fsp3) is 0.167. The Kier molecular flexibility index (Phi) is 5.43. The lowest BCUT2D eigenvalue weighted by Gasteiger charge is -2.15. The monoisotopic (exact) mass is 418 g/mol. The molecule has 3 rings (SSSR count). The molecule has 0 aliphatic heterocycles. The first-order chi connectivity index (χ1) is 13.2. The van der Waals surface area contributed by atoms with E-state index < -0.39 is 16.0 Å². The van der Waals surface area contributed by atoms with E-state index in [-0.39, 0.29) is 10.5 Å². The maximum Gasteiger partial charge on any atom is 0.335 e. The van der Waals surface area contributed by atoms with Crippen molar-refractivity contribution in [3.63, 3.8) is 0 Å². The van der Waals surface area contributed by atoms with E-state index in [9.17, 15) is 18.3 Å². The van der Waals surface area contributed by atoms with Crippen LogP contribution in [-0.2, 0) is 17.1 Å². The highest BCUT2D eigenvalue weighted by Gasteiger charge is 2.22. The number of carboxylic acid groups (broad SMARTS) is 1. The Morgan fingerprint density at radius 3 is 2.57 bits per heavy atom. The zero-order valence-corrected chi connectivity index (χ0v) is 17.0. The first-order valence-electron chi connectivity index (χ1n) is 8.17. The predicted octanol–water partition coefficient (Wildman–Crippen LogP) is 3.08. The highest BCUT2D eigenvalue weighted by molar-refractivity contribution is 7.99. The highest BCUT2D eigenvalue weighted by Crippen LogP contribution is 2.33. The van der Waals surface area contributed by atoms with Gasteiger partial charge in [-0.1, -0.05) is 12.1 Å². The summed E-state index contributed by atoms with van der Waals surface area (Å²) in [5.74, 6) is -1.18. The fourth-order valence-electron chi connectivity index (χ4n) is 2.53. The lowest BCUT2D eigenvalue weighted by Crippen LogP contribution is -2.16. The molecule has 2 N–H and O–H groups in total. The number of nitrogens with zero attached hydrogens (tertiary/aromatic N) is 3. The van der Waals surface area contributed by atoms with Gasteiger partial charge in [-0.3, -0.25) is 4.72 Å². The number of rotatable bonds is 6. The molecule has 0 unspecified atom stereocenters. The number of benzene rings is 2. The molecule has 2 aromatic carbocycles. The second-order valence-electron chi connectivity index (χ2n) is 6.15. The normalized spacial score (nSPS) is 11.4. The minimum atomic E-state index is -4.00. The Morgan fingerprint density at radius 1 is 1.21 bits per heavy atom. The molecule has 28 heavy (non-hydrogen) atoms. The number of carboxylic acids is 1. The number of hydrogen-bond donors (Lipinski definition) is 2. The van der Waals surface area contributed by atoms with Gasteiger partial charge in [-0.05, 0) is 61.0 Å². The summed E-state index contributed by atoms with van der Waals surface area (Å²) in [6.07, 6.45) is 1.55. The number of aromatic carboxylic acids is 1. The standard InChI is InChI=1S/C18H18N4O4S2/c1-11-8-13(17(23)24)9-16(12(11)2)28(25,26)21-14-6-4-5-7-15(14)27-18-20-19-10-22(18)3/h4-10,21H,1-3H3,(H,23,24). The zero-order chi connectivity index (χ0) is 20.5. The number of aryl methyl sites for hydroxylation is 2. The molecule has 0 bridgehead atoms. The summed E-state index contributed by atoms with van der Waals surface area (Å²) in [6.45, 7) is 3.33. The summed E-state index contributed by atoms with van der Waals surface area (Å²) in [5, 5.41) is 17.7. The molecule has 1 heterocycles. The van der Waals surface area contributed by atoms with Gasteiger partial charge < -0.3 is 9.67 Å². The van der Waals surface area contributed by atoms with Crippen molar-refractivity contribution in [2.45, 2.75) is 28.8 Å². The number of anilines is 1. The average molecular weight is 419 g/mol. The molecule has 1 aromatic heterocycles. The number of carbonyl (C=O) groups is 1. The summed E-state index contributed by atoms with van der Waals surface area (Å²) >= 11 is 1.27. The molecule has 3 aromatic rings. The molecule has 0 amide bonds. The van der Waals surface area contributed by atoms with Crippen molar-refractivity contribution in [1.82, 2.24) is 14.8 Å². The van der Waals surface area contributed by atoms with Crippen LogP contribution in [0.15, 0.2) is 57.7 Å². The average Bonchev–Trinajstić information content (AvgIpc) is 3.03. The van der Waals surface area contributed by atoms with Crippen LogP contribution in [0.1, 0.15) is 21.5 Å². The van der Waals surface area contributed by atoms with Gasteiger partial charge in [0, 0.05) is 11.9 Å². The highest BCUT2D eigenvalue weighted by atomic mass is 32.2. The molecule has 0 aliphatic carbocycles. The van der Waals surface area contributed by atoms with Crippen LogP contribution in [0.4, 0.5) is 5.69 Å². The second kappa shape index (κ2) is 7.64. The van der Waals surface area contributed by atoms with E-state index in [1.807, 2.05) is 0 Å². The fourth-order valence-corrected chi connectivity index (χ4v) is 4.87. The van der Waals surface area contributed by atoms with Crippen LogP contribution >= 0.6 is 11.8 Å². The Balaban J connectivity index is 2.00. The van der Waals surface area contributed by atoms with E-state index in [1.165, 1.54) is 23.9 Å². The van der Waals surface area contributed by atoms with E-state index in [0.29, 0.717) is 26.9 Å². The molecule has 10 heteroatoms. The van der Waals surface area contributed by atoms with Gasteiger partial charge in [-0.25, -0.2) is 13.2 Å². The van der Waals surface area contributed by atoms with Crippen LogP contribution in [0, 0.1) is 13.8 Å². The minimum Gasteiger partial charge on any atom is -0.478 e. The van der Waals surface area contributed by atoms with Gasteiger partial charge in [0.05, 0.1) is 16.1 Å². The summed E-state index contributed by atoms with van der Waals surface area (Å²) in [6, 6.07) is 9.53. The van der Waals surface area contributed by atoms with Crippen molar-refractivity contribution >= 4 is 33.4 Å². The summed E-state index contributed by atoms with van der Waals surface area (Å²) in [5.41, 5.74) is 1.37. The van der Waals surface area contributed by atoms with Crippen LogP contribution in [0.5, 0.6) is 0 Å². The van der Waals surface area contributed by atoms with Crippen LogP contribution in [-0.4, -0.2) is 34.3 Å². The number of nitrogens with one attached hydrogen (secondary N) is 1. The van der Waals surface area contributed by atoms with E-state index in [2.05, 4.69) is 14.9 Å². The summed E-state index contributed by atoms with van der Waals surface area (Å²) in [7, 11) is -2.21. The number of aromatic nitrogens is 3. The molecule has 0 atom stereocenters. The van der Waals surface area contributed by atoms with Gasteiger partial charge in [0.15, 0.2) is 5.16 Å². The van der Waals surface area contributed by atoms with Gasteiger partial charge >= 0.3 is 5.97 Å². The van der Waals surface area contributed by atoms with E-state index in [1.54, 1.807) is 56.1 Å². The third-order valence-corrected chi connectivity index (χ3v) is 6.78. The predicted molar refractivity (Wildman–Crippen MR) is 105 cm³/mol. The lowest BCUT2D eigenvalue weighted by atomic mass is 10.1. The Bertz CT molecular complexity index is 1160. The van der Waals surface area contributed by atoms with Crippen molar-refractivity contribution < 1.29 is 18.3 Å². The quantitative estimate of drug-likeness (QED) is 0.632. The van der Waals surface area contributed by atoms with Crippen LogP contribution in [0.25, 0.3) is 0 Å². The van der Waals surface area contributed by atoms with Crippen LogP contribution in [0.2, 0.25) is 0 Å². The molecule has 146 valence electrons. The van der Waals surface area contributed by atoms with Crippen molar-refractivity contribution in [2.75, 3.05) is 4.72 Å². The Morgan fingerprint density at radius 2 is 1.93 bits per heavy atom. The summed E-state index contributed by atoms with van der Waals surface area (Å²) in [4.78, 5) is 11.9. The first kappa shape index (κ1) is 19.9.